The zero-order chi connectivity index (χ0) is 19.7. The predicted molar refractivity (Wildman–Crippen MR) is 107 cm³/mol. The van der Waals surface area contributed by atoms with Gasteiger partial charge in [-0.05, 0) is 40.0 Å². The fourth-order valence-corrected chi connectivity index (χ4v) is 2.88. The van der Waals surface area contributed by atoms with Crippen LogP contribution in [0.25, 0.3) is 0 Å². The maximum absolute atomic E-state index is 11.6. The van der Waals surface area contributed by atoms with Gasteiger partial charge in [0.05, 0.1) is 0 Å². The fraction of sp³-hybridized carbons (Fsp3) is 0.818. The second kappa shape index (κ2) is 15.9. The van der Waals surface area contributed by atoms with Crippen LogP contribution in [0.15, 0.2) is 12.2 Å². The molecular formula is C22H40O4. The third kappa shape index (κ3) is 20.7. The fourth-order valence-electron chi connectivity index (χ4n) is 2.88. The van der Waals surface area contributed by atoms with Crippen molar-refractivity contribution in [3.05, 3.63) is 12.2 Å². The maximum Gasteiger partial charge on any atom is 0.327 e. The van der Waals surface area contributed by atoms with Crippen molar-refractivity contribution in [2.75, 3.05) is 0 Å². The molecule has 0 rings (SSSR count). The van der Waals surface area contributed by atoms with Crippen LogP contribution in [-0.2, 0) is 14.3 Å². The van der Waals surface area contributed by atoms with Gasteiger partial charge in [-0.1, -0.05) is 70.3 Å². The van der Waals surface area contributed by atoms with Gasteiger partial charge in [-0.15, -0.1) is 0 Å². The van der Waals surface area contributed by atoms with Gasteiger partial charge >= 0.3 is 11.9 Å². The third-order valence-electron chi connectivity index (χ3n) is 4.18. The summed E-state index contributed by atoms with van der Waals surface area (Å²) >= 11 is 0. The van der Waals surface area contributed by atoms with E-state index in [1.165, 1.54) is 63.9 Å². The lowest BCUT2D eigenvalue weighted by atomic mass is 10.0. The Balaban J connectivity index is 3.20. The topological polar surface area (TPSA) is 63.6 Å². The van der Waals surface area contributed by atoms with Crippen molar-refractivity contribution in [2.24, 2.45) is 0 Å². The van der Waals surface area contributed by atoms with Crippen LogP contribution in [0.5, 0.6) is 0 Å². The molecule has 0 radical (unpaired) electrons. The van der Waals surface area contributed by atoms with Crippen LogP contribution in [0.2, 0.25) is 0 Å². The summed E-state index contributed by atoms with van der Waals surface area (Å²) in [6.45, 7) is 5.72. The van der Waals surface area contributed by atoms with E-state index in [1.807, 2.05) is 20.8 Å². The van der Waals surface area contributed by atoms with Gasteiger partial charge in [-0.25, -0.2) is 4.79 Å². The summed E-state index contributed by atoms with van der Waals surface area (Å²) in [5.41, 5.74) is -0.367. The number of unbranched alkanes of at least 4 members (excludes halogenated alkanes) is 12. The van der Waals surface area contributed by atoms with Gasteiger partial charge in [0.1, 0.15) is 5.60 Å². The number of ether oxygens (including phenoxy) is 1. The molecule has 0 saturated heterocycles. The first-order valence-electron chi connectivity index (χ1n) is 10.4. The second-order valence-electron chi connectivity index (χ2n) is 8.11. The van der Waals surface area contributed by atoms with Crippen molar-refractivity contribution in [1.29, 1.82) is 0 Å². The van der Waals surface area contributed by atoms with E-state index in [1.54, 1.807) is 6.08 Å². The molecule has 4 heteroatoms. The molecular weight excluding hydrogens is 328 g/mol. The Kier molecular flexibility index (Phi) is 15.1. The summed E-state index contributed by atoms with van der Waals surface area (Å²) in [5.74, 6) is -0.927. The molecule has 0 heterocycles. The molecule has 26 heavy (non-hydrogen) atoms. The van der Waals surface area contributed by atoms with Crippen molar-refractivity contribution in [3.63, 3.8) is 0 Å². The van der Waals surface area contributed by atoms with Gasteiger partial charge in [0.2, 0.25) is 0 Å². The van der Waals surface area contributed by atoms with Crippen LogP contribution in [0.1, 0.15) is 111 Å². The monoisotopic (exact) mass is 368 g/mol. The van der Waals surface area contributed by atoms with Crippen molar-refractivity contribution in [2.45, 2.75) is 116 Å². The lowest BCUT2D eigenvalue weighted by Gasteiger charge is -2.19. The van der Waals surface area contributed by atoms with Crippen LogP contribution in [0.4, 0.5) is 0 Å². The van der Waals surface area contributed by atoms with Gasteiger partial charge in [0.15, 0.2) is 0 Å². The Bertz CT molecular complexity index is 393. The highest BCUT2D eigenvalue weighted by Gasteiger charge is 2.15. The SMILES string of the molecule is CC(C)(C)OC(=O)CCCCCCCCCCCCCCC=CC(=O)O. The van der Waals surface area contributed by atoms with E-state index < -0.39 is 5.97 Å². The highest BCUT2D eigenvalue weighted by Crippen LogP contribution is 2.14. The van der Waals surface area contributed by atoms with Crippen LogP contribution >= 0.6 is 0 Å². The molecule has 0 atom stereocenters. The maximum atomic E-state index is 11.6. The number of carbonyl (C=O) groups excluding carboxylic acids is 1. The van der Waals surface area contributed by atoms with Crippen molar-refractivity contribution >= 4 is 11.9 Å². The Morgan fingerprint density at radius 3 is 1.62 bits per heavy atom. The summed E-state index contributed by atoms with van der Waals surface area (Å²) in [7, 11) is 0. The smallest absolute Gasteiger partial charge is 0.327 e. The van der Waals surface area contributed by atoms with Gasteiger partial charge in [0, 0.05) is 12.5 Å². The summed E-state index contributed by atoms with van der Waals surface area (Å²) in [6, 6.07) is 0. The number of hydrogen-bond donors (Lipinski definition) is 1. The van der Waals surface area contributed by atoms with Crippen LogP contribution in [-0.4, -0.2) is 22.6 Å². The summed E-state index contributed by atoms with van der Waals surface area (Å²) < 4.78 is 5.30. The van der Waals surface area contributed by atoms with Crippen LogP contribution < -0.4 is 0 Å². The number of allylic oxidation sites excluding steroid dienone is 1. The van der Waals surface area contributed by atoms with Crippen molar-refractivity contribution in [1.82, 2.24) is 0 Å². The molecule has 4 nitrogen and oxygen atoms in total. The standard InChI is InChI=1S/C22H40O4/c1-22(2,3)26-21(25)19-17-15-13-11-9-7-5-4-6-8-10-12-14-16-18-20(23)24/h16,18H,4-15,17,19H2,1-3H3,(H,23,24). The van der Waals surface area contributed by atoms with Gasteiger partial charge in [0.25, 0.3) is 0 Å². The number of rotatable bonds is 16. The number of carbonyl (C=O) groups is 2. The van der Waals surface area contributed by atoms with E-state index >= 15 is 0 Å². The van der Waals surface area contributed by atoms with E-state index in [-0.39, 0.29) is 11.6 Å². The quantitative estimate of drug-likeness (QED) is 0.194. The highest BCUT2D eigenvalue weighted by atomic mass is 16.6. The number of hydrogen-bond acceptors (Lipinski definition) is 3. The van der Waals surface area contributed by atoms with Crippen LogP contribution in [0, 0.1) is 0 Å². The molecule has 0 fully saturated rings. The van der Waals surface area contributed by atoms with Crippen molar-refractivity contribution < 1.29 is 19.4 Å². The summed E-state index contributed by atoms with van der Waals surface area (Å²) in [6.07, 6.45) is 19.0. The largest absolute Gasteiger partial charge is 0.478 e. The molecule has 0 aliphatic heterocycles. The summed E-state index contributed by atoms with van der Waals surface area (Å²) in [5, 5.41) is 8.47. The lowest BCUT2D eigenvalue weighted by molar-refractivity contribution is -0.155. The van der Waals surface area contributed by atoms with Crippen molar-refractivity contribution in [3.8, 4) is 0 Å². The lowest BCUT2D eigenvalue weighted by Crippen LogP contribution is -2.23. The average molecular weight is 369 g/mol. The Hall–Kier alpha value is -1.32. The minimum absolute atomic E-state index is 0.0737. The Labute approximate surface area is 160 Å². The van der Waals surface area contributed by atoms with Crippen LogP contribution in [0.3, 0.4) is 0 Å². The molecule has 0 aliphatic carbocycles. The Morgan fingerprint density at radius 2 is 1.19 bits per heavy atom. The first-order valence-corrected chi connectivity index (χ1v) is 10.4. The van der Waals surface area contributed by atoms with Gasteiger partial charge in [-0.2, -0.15) is 0 Å². The molecule has 0 aromatic rings. The molecule has 0 aromatic heterocycles. The first-order chi connectivity index (χ1) is 12.3. The average Bonchev–Trinajstić information content (AvgIpc) is 2.52. The molecule has 0 unspecified atom stereocenters. The molecule has 152 valence electrons. The molecule has 0 aliphatic rings. The molecule has 0 aromatic carbocycles. The normalized spacial score (nSPS) is 11.8. The Morgan fingerprint density at radius 1 is 0.769 bits per heavy atom. The van der Waals surface area contributed by atoms with E-state index in [0.29, 0.717) is 6.42 Å². The highest BCUT2D eigenvalue weighted by molar-refractivity contribution is 5.79. The minimum atomic E-state index is -0.854. The third-order valence-corrected chi connectivity index (χ3v) is 4.18. The number of carboxylic acid groups (broad SMARTS) is 1. The first kappa shape index (κ1) is 24.7. The van der Waals surface area contributed by atoms with E-state index in [9.17, 15) is 9.59 Å². The predicted octanol–water partition coefficient (Wildman–Crippen LogP) is 6.43. The zero-order valence-electron chi connectivity index (χ0n) is 17.2. The number of aliphatic carboxylic acids is 1. The summed E-state index contributed by atoms with van der Waals surface area (Å²) in [4.78, 5) is 21.9. The molecule has 1 N–H and O–H groups in total. The molecule has 0 bridgehead atoms. The second-order valence-corrected chi connectivity index (χ2v) is 8.11. The van der Waals surface area contributed by atoms with Gasteiger partial charge < -0.3 is 9.84 Å². The molecule has 0 saturated carbocycles. The minimum Gasteiger partial charge on any atom is -0.478 e. The van der Waals surface area contributed by atoms with E-state index in [4.69, 9.17) is 9.84 Å². The van der Waals surface area contributed by atoms with E-state index in [2.05, 4.69) is 0 Å². The number of esters is 1. The zero-order valence-corrected chi connectivity index (χ0v) is 17.2. The van der Waals surface area contributed by atoms with Gasteiger partial charge in [-0.3, -0.25) is 4.79 Å². The number of carboxylic acids is 1. The molecule has 0 spiro atoms. The molecule has 0 amide bonds. The van der Waals surface area contributed by atoms with E-state index in [0.717, 1.165) is 25.7 Å².